The molecule has 0 aliphatic rings. The van der Waals surface area contributed by atoms with Crippen LogP contribution in [0, 0.1) is 0 Å². The maximum Gasteiger partial charge on any atom is 0.0978 e. The lowest BCUT2D eigenvalue weighted by atomic mass is 10.2. The molecule has 1 aromatic heterocycles. The van der Waals surface area contributed by atoms with Crippen molar-refractivity contribution in [3.8, 4) is 0 Å². The number of methoxy groups -OCH3 is 1. The SMILES string of the molecule is CCCn1nccc1C(O)CCOCCOC. The molecule has 1 heterocycles. The van der Waals surface area contributed by atoms with E-state index in [1.807, 2.05) is 10.7 Å². The molecule has 1 rings (SSSR count). The summed E-state index contributed by atoms with van der Waals surface area (Å²) in [5, 5.41) is 14.2. The van der Waals surface area contributed by atoms with E-state index < -0.39 is 6.10 Å². The lowest BCUT2D eigenvalue weighted by Crippen LogP contribution is -2.12. The topological polar surface area (TPSA) is 56.5 Å². The highest BCUT2D eigenvalue weighted by molar-refractivity contribution is 5.04. The lowest BCUT2D eigenvalue weighted by molar-refractivity contribution is 0.0456. The Bertz CT molecular complexity index is 302. The van der Waals surface area contributed by atoms with E-state index in [-0.39, 0.29) is 0 Å². The van der Waals surface area contributed by atoms with Crippen LogP contribution < -0.4 is 0 Å². The number of aliphatic hydroxyl groups is 1. The summed E-state index contributed by atoms with van der Waals surface area (Å²) in [6.45, 7) is 4.61. The first-order chi connectivity index (χ1) is 8.29. The quantitative estimate of drug-likeness (QED) is 0.665. The van der Waals surface area contributed by atoms with Crippen LogP contribution in [-0.4, -0.2) is 41.8 Å². The van der Waals surface area contributed by atoms with Crippen LogP contribution in [0.4, 0.5) is 0 Å². The van der Waals surface area contributed by atoms with Gasteiger partial charge in [0.2, 0.25) is 0 Å². The fourth-order valence-corrected chi connectivity index (χ4v) is 1.61. The Morgan fingerprint density at radius 3 is 2.94 bits per heavy atom. The zero-order valence-corrected chi connectivity index (χ0v) is 10.6. The second kappa shape index (κ2) is 8.22. The normalized spacial score (nSPS) is 12.9. The van der Waals surface area contributed by atoms with Crippen molar-refractivity contribution in [2.75, 3.05) is 26.9 Å². The van der Waals surface area contributed by atoms with Crippen LogP contribution in [0.3, 0.4) is 0 Å². The van der Waals surface area contributed by atoms with Gasteiger partial charge in [0.25, 0.3) is 0 Å². The smallest absolute Gasteiger partial charge is 0.0978 e. The van der Waals surface area contributed by atoms with Crippen LogP contribution in [0.5, 0.6) is 0 Å². The Morgan fingerprint density at radius 1 is 1.41 bits per heavy atom. The van der Waals surface area contributed by atoms with Crippen LogP contribution in [0.15, 0.2) is 12.3 Å². The zero-order valence-electron chi connectivity index (χ0n) is 10.6. The molecule has 5 heteroatoms. The van der Waals surface area contributed by atoms with E-state index in [1.54, 1.807) is 13.3 Å². The van der Waals surface area contributed by atoms with Crippen molar-refractivity contribution in [1.29, 1.82) is 0 Å². The lowest BCUT2D eigenvalue weighted by Gasteiger charge is -2.13. The first-order valence-corrected chi connectivity index (χ1v) is 6.06. The third kappa shape index (κ3) is 4.85. The molecule has 1 N–H and O–H groups in total. The van der Waals surface area contributed by atoms with E-state index in [9.17, 15) is 5.11 Å². The molecule has 0 aromatic carbocycles. The summed E-state index contributed by atoms with van der Waals surface area (Å²) in [4.78, 5) is 0. The maximum atomic E-state index is 10.0. The van der Waals surface area contributed by atoms with Crippen molar-refractivity contribution in [1.82, 2.24) is 9.78 Å². The molecular weight excluding hydrogens is 220 g/mol. The predicted octanol–water partition coefficient (Wildman–Crippen LogP) is 1.38. The average molecular weight is 242 g/mol. The standard InChI is InChI=1S/C12H22N2O3/c1-3-7-14-11(4-6-13-14)12(15)5-8-17-10-9-16-2/h4,6,12,15H,3,5,7-10H2,1-2H3. The molecule has 0 aliphatic heterocycles. The Morgan fingerprint density at radius 2 is 2.24 bits per heavy atom. The highest BCUT2D eigenvalue weighted by atomic mass is 16.5. The fourth-order valence-electron chi connectivity index (χ4n) is 1.61. The summed E-state index contributed by atoms with van der Waals surface area (Å²) < 4.78 is 12.0. The van der Waals surface area contributed by atoms with Gasteiger partial charge in [0.05, 0.1) is 25.0 Å². The van der Waals surface area contributed by atoms with Gasteiger partial charge in [0, 0.05) is 32.9 Å². The van der Waals surface area contributed by atoms with Crippen molar-refractivity contribution in [3.63, 3.8) is 0 Å². The monoisotopic (exact) mass is 242 g/mol. The minimum absolute atomic E-state index is 0.508. The van der Waals surface area contributed by atoms with Crippen molar-refractivity contribution < 1.29 is 14.6 Å². The molecule has 0 amide bonds. The average Bonchev–Trinajstić information content (AvgIpc) is 2.77. The van der Waals surface area contributed by atoms with Gasteiger partial charge in [-0.2, -0.15) is 5.10 Å². The molecule has 0 radical (unpaired) electrons. The molecule has 1 atom stereocenters. The largest absolute Gasteiger partial charge is 0.387 e. The Hall–Kier alpha value is -0.910. The van der Waals surface area contributed by atoms with Gasteiger partial charge < -0.3 is 14.6 Å². The summed E-state index contributed by atoms with van der Waals surface area (Å²) in [5.41, 5.74) is 0.863. The molecule has 0 saturated carbocycles. The van der Waals surface area contributed by atoms with Gasteiger partial charge in [0.1, 0.15) is 0 Å². The van der Waals surface area contributed by atoms with Gasteiger partial charge >= 0.3 is 0 Å². The van der Waals surface area contributed by atoms with E-state index >= 15 is 0 Å². The molecule has 0 spiro atoms. The number of rotatable bonds is 9. The van der Waals surface area contributed by atoms with Crippen molar-refractivity contribution in [2.24, 2.45) is 0 Å². The molecule has 98 valence electrons. The summed E-state index contributed by atoms with van der Waals surface area (Å²) in [7, 11) is 1.64. The third-order valence-electron chi connectivity index (χ3n) is 2.49. The van der Waals surface area contributed by atoms with Crippen LogP contribution >= 0.6 is 0 Å². The molecule has 0 fully saturated rings. The highest BCUT2D eigenvalue weighted by Crippen LogP contribution is 2.16. The molecular formula is C12H22N2O3. The van der Waals surface area contributed by atoms with E-state index in [4.69, 9.17) is 9.47 Å². The van der Waals surface area contributed by atoms with Gasteiger partial charge in [-0.3, -0.25) is 4.68 Å². The number of hydrogen-bond donors (Lipinski definition) is 1. The van der Waals surface area contributed by atoms with E-state index in [2.05, 4.69) is 12.0 Å². The van der Waals surface area contributed by atoms with E-state index in [0.717, 1.165) is 18.7 Å². The minimum atomic E-state index is -0.508. The predicted molar refractivity (Wildman–Crippen MR) is 64.8 cm³/mol. The van der Waals surface area contributed by atoms with Crippen LogP contribution in [-0.2, 0) is 16.0 Å². The van der Waals surface area contributed by atoms with E-state index in [1.165, 1.54) is 0 Å². The first-order valence-electron chi connectivity index (χ1n) is 6.06. The summed E-state index contributed by atoms with van der Waals surface area (Å²) in [6, 6.07) is 1.86. The van der Waals surface area contributed by atoms with E-state index in [0.29, 0.717) is 26.2 Å². The van der Waals surface area contributed by atoms with Gasteiger partial charge in [-0.15, -0.1) is 0 Å². The molecule has 1 unspecified atom stereocenters. The number of aliphatic hydroxyl groups excluding tert-OH is 1. The van der Waals surface area contributed by atoms with Crippen LogP contribution in [0.2, 0.25) is 0 Å². The second-order valence-electron chi connectivity index (χ2n) is 3.89. The van der Waals surface area contributed by atoms with Crippen molar-refractivity contribution in [2.45, 2.75) is 32.4 Å². The zero-order chi connectivity index (χ0) is 12.5. The Labute approximate surface area is 102 Å². The van der Waals surface area contributed by atoms with Gasteiger partial charge in [-0.25, -0.2) is 0 Å². The van der Waals surface area contributed by atoms with Crippen LogP contribution in [0.25, 0.3) is 0 Å². The number of ether oxygens (including phenoxy) is 2. The summed E-state index contributed by atoms with van der Waals surface area (Å²) in [6.07, 6.45) is 2.80. The molecule has 1 aromatic rings. The third-order valence-corrected chi connectivity index (χ3v) is 2.49. The molecule has 5 nitrogen and oxygen atoms in total. The number of aromatic nitrogens is 2. The molecule has 17 heavy (non-hydrogen) atoms. The van der Waals surface area contributed by atoms with Crippen LogP contribution in [0.1, 0.15) is 31.6 Å². The highest BCUT2D eigenvalue weighted by Gasteiger charge is 2.12. The molecule has 0 bridgehead atoms. The fraction of sp³-hybridized carbons (Fsp3) is 0.750. The number of hydrogen-bond acceptors (Lipinski definition) is 4. The summed E-state index contributed by atoms with van der Waals surface area (Å²) >= 11 is 0. The molecule has 0 aliphatic carbocycles. The van der Waals surface area contributed by atoms with Crippen molar-refractivity contribution in [3.05, 3.63) is 18.0 Å². The molecule has 0 saturated heterocycles. The minimum Gasteiger partial charge on any atom is -0.387 e. The van der Waals surface area contributed by atoms with Gasteiger partial charge in [-0.05, 0) is 12.5 Å². The van der Waals surface area contributed by atoms with Gasteiger partial charge in [-0.1, -0.05) is 6.92 Å². The van der Waals surface area contributed by atoms with Gasteiger partial charge in [0.15, 0.2) is 0 Å². The summed E-state index contributed by atoms with van der Waals surface area (Å²) in [5.74, 6) is 0. The van der Waals surface area contributed by atoms with Crippen molar-refractivity contribution >= 4 is 0 Å². The number of nitrogens with zero attached hydrogens (tertiary/aromatic N) is 2. The second-order valence-corrected chi connectivity index (χ2v) is 3.89. The maximum absolute atomic E-state index is 10.0. The first kappa shape index (κ1) is 14.2. The number of aryl methyl sites for hydroxylation is 1. The Balaban J connectivity index is 2.30. The Kier molecular flexibility index (Phi) is 6.84.